The van der Waals surface area contributed by atoms with Gasteiger partial charge >= 0.3 is 5.97 Å². The molecule has 128 valence electrons. The largest absolute Gasteiger partial charge is 0.458 e. The van der Waals surface area contributed by atoms with Gasteiger partial charge in [0.15, 0.2) is 0 Å². The predicted molar refractivity (Wildman–Crippen MR) is 89.8 cm³/mol. The fourth-order valence-electron chi connectivity index (χ4n) is 5.15. The van der Waals surface area contributed by atoms with E-state index >= 15 is 0 Å². The van der Waals surface area contributed by atoms with Crippen molar-refractivity contribution in [2.24, 2.45) is 23.2 Å². The van der Waals surface area contributed by atoms with Crippen LogP contribution in [-0.2, 0) is 14.3 Å². The van der Waals surface area contributed by atoms with Crippen molar-refractivity contribution in [2.75, 3.05) is 0 Å². The molecule has 0 aromatic carbocycles. The highest BCUT2D eigenvalue weighted by atomic mass is 16.5. The molecule has 5 atom stereocenters. The minimum atomic E-state index is -0.132. The third-order valence-corrected chi connectivity index (χ3v) is 6.50. The Morgan fingerprint density at radius 3 is 2.52 bits per heavy atom. The van der Waals surface area contributed by atoms with Crippen LogP contribution in [-0.4, -0.2) is 17.9 Å². The smallest absolute Gasteiger partial charge is 0.333 e. The number of ketones is 1. The molecule has 0 bridgehead atoms. The average molecular weight is 318 g/mol. The fraction of sp³-hybridized carbons (Fsp3) is 0.800. The van der Waals surface area contributed by atoms with E-state index in [2.05, 4.69) is 20.8 Å². The van der Waals surface area contributed by atoms with Gasteiger partial charge in [0.05, 0.1) is 0 Å². The number of rotatable bonds is 0. The zero-order valence-corrected chi connectivity index (χ0v) is 15.0. The number of hydrogen-bond donors (Lipinski definition) is 0. The van der Waals surface area contributed by atoms with Gasteiger partial charge in [0.25, 0.3) is 0 Å². The zero-order valence-electron chi connectivity index (χ0n) is 15.0. The molecule has 0 spiro atoms. The number of carbonyl (C=O) groups excluding carboxylic acids is 2. The van der Waals surface area contributed by atoms with Crippen molar-refractivity contribution >= 4 is 11.8 Å². The van der Waals surface area contributed by atoms with Crippen molar-refractivity contribution in [1.29, 1.82) is 0 Å². The summed E-state index contributed by atoms with van der Waals surface area (Å²) < 4.78 is 5.85. The van der Waals surface area contributed by atoms with E-state index in [1.807, 2.05) is 6.92 Å². The summed E-state index contributed by atoms with van der Waals surface area (Å²) in [6.07, 6.45) is 6.53. The second kappa shape index (κ2) is 6.07. The lowest BCUT2D eigenvalue weighted by atomic mass is 9.69. The van der Waals surface area contributed by atoms with Gasteiger partial charge in [-0.25, -0.2) is 4.79 Å². The Morgan fingerprint density at radius 1 is 1.09 bits per heavy atom. The molecule has 2 fully saturated rings. The molecule has 0 N–H and O–H groups in total. The van der Waals surface area contributed by atoms with Crippen molar-refractivity contribution < 1.29 is 14.3 Å². The van der Waals surface area contributed by atoms with Gasteiger partial charge < -0.3 is 4.74 Å². The third kappa shape index (κ3) is 3.12. The highest BCUT2D eigenvalue weighted by Crippen LogP contribution is 2.55. The molecule has 0 saturated heterocycles. The minimum Gasteiger partial charge on any atom is -0.458 e. The molecule has 0 unspecified atom stereocenters. The van der Waals surface area contributed by atoms with Crippen LogP contribution in [0.3, 0.4) is 0 Å². The van der Waals surface area contributed by atoms with E-state index in [-0.39, 0.29) is 23.4 Å². The maximum absolute atomic E-state index is 12.2. The second-order valence-corrected chi connectivity index (χ2v) is 8.66. The van der Waals surface area contributed by atoms with Crippen molar-refractivity contribution in [1.82, 2.24) is 0 Å². The Kier molecular flexibility index (Phi) is 4.41. The van der Waals surface area contributed by atoms with Crippen molar-refractivity contribution in [2.45, 2.75) is 78.7 Å². The lowest BCUT2D eigenvalue weighted by Gasteiger charge is -2.41. The molecule has 1 heterocycles. The molecule has 3 nitrogen and oxygen atoms in total. The molecule has 3 rings (SSSR count). The van der Waals surface area contributed by atoms with Crippen LogP contribution in [0.1, 0.15) is 72.6 Å². The first kappa shape index (κ1) is 16.7. The Labute approximate surface area is 139 Å². The van der Waals surface area contributed by atoms with Crippen LogP contribution in [0.15, 0.2) is 11.1 Å². The van der Waals surface area contributed by atoms with Crippen LogP contribution in [0.25, 0.3) is 0 Å². The van der Waals surface area contributed by atoms with Crippen molar-refractivity contribution in [3.63, 3.8) is 0 Å². The first-order chi connectivity index (χ1) is 10.8. The summed E-state index contributed by atoms with van der Waals surface area (Å²) in [6.45, 7) is 8.64. The average Bonchev–Trinajstić information content (AvgIpc) is 2.80. The van der Waals surface area contributed by atoms with E-state index in [4.69, 9.17) is 4.74 Å². The minimum absolute atomic E-state index is 0.0371. The maximum atomic E-state index is 12.2. The van der Waals surface area contributed by atoms with Gasteiger partial charge in [-0.05, 0) is 56.3 Å². The van der Waals surface area contributed by atoms with E-state index < -0.39 is 0 Å². The van der Waals surface area contributed by atoms with Crippen LogP contribution in [0.5, 0.6) is 0 Å². The second-order valence-electron chi connectivity index (χ2n) is 8.66. The molecule has 2 aliphatic carbocycles. The Balaban J connectivity index is 1.96. The number of hydrogen-bond acceptors (Lipinski definition) is 3. The molecule has 0 aromatic heterocycles. The van der Waals surface area contributed by atoms with Gasteiger partial charge in [-0.15, -0.1) is 0 Å². The van der Waals surface area contributed by atoms with Crippen LogP contribution in [0, 0.1) is 23.2 Å². The summed E-state index contributed by atoms with van der Waals surface area (Å²) in [6, 6.07) is 0. The molecular weight excluding hydrogens is 288 g/mol. The predicted octanol–water partition coefficient (Wildman–Crippen LogP) is 4.45. The molecule has 0 amide bonds. The van der Waals surface area contributed by atoms with Gasteiger partial charge in [-0.3, -0.25) is 4.79 Å². The van der Waals surface area contributed by atoms with E-state index in [9.17, 15) is 9.59 Å². The quantitative estimate of drug-likeness (QED) is 0.620. The van der Waals surface area contributed by atoms with Crippen molar-refractivity contribution in [3.05, 3.63) is 11.1 Å². The molecule has 3 aliphatic rings. The first-order valence-electron chi connectivity index (χ1n) is 9.22. The van der Waals surface area contributed by atoms with Gasteiger partial charge in [0.1, 0.15) is 11.9 Å². The number of ether oxygens (including phenoxy) is 1. The lowest BCUT2D eigenvalue weighted by Crippen LogP contribution is -2.41. The first-order valence-corrected chi connectivity index (χ1v) is 9.22. The molecule has 23 heavy (non-hydrogen) atoms. The highest BCUT2D eigenvalue weighted by Gasteiger charge is 2.51. The fourth-order valence-corrected chi connectivity index (χ4v) is 5.15. The normalized spacial score (nSPS) is 42.1. The highest BCUT2D eigenvalue weighted by molar-refractivity contribution is 5.90. The summed E-state index contributed by atoms with van der Waals surface area (Å²) in [5.74, 6) is 1.35. The molecule has 0 aromatic rings. The number of carbonyl (C=O) groups is 2. The monoisotopic (exact) mass is 318 g/mol. The maximum Gasteiger partial charge on any atom is 0.333 e. The van der Waals surface area contributed by atoms with E-state index in [0.717, 1.165) is 37.7 Å². The summed E-state index contributed by atoms with van der Waals surface area (Å²) in [7, 11) is 0. The van der Waals surface area contributed by atoms with Crippen molar-refractivity contribution in [3.8, 4) is 0 Å². The molecule has 3 heteroatoms. The van der Waals surface area contributed by atoms with Gasteiger partial charge in [-0.1, -0.05) is 26.3 Å². The van der Waals surface area contributed by atoms with E-state index in [1.54, 1.807) is 0 Å². The van der Waals surface area contributed by atoms with Gasteiger partial charge in [0.2, 0.25) is 0 Å². The standard InChI is InChI=1S/C20H30O3/c1-12-5-7-20(4)8-6-16-14(3)19(22)23-17(18(16)20)11-13(2)10-15(21)9-12/h12-13,17-18H,5-11H2,1-4H3/t12-,13+,17+,18-,20+/m0/s1. The number of Topliss-reactive ketones (excluding diaryl/α,β-unsaturated/α-hetero) is 1. The van der Waals surface area contributed by atoms with Crippen LogP contribution in [0.4, 0.5) is 0 Å². The van der Waals surface area contributed by atoms with Crippen LogP contribution < -0.4 is 0 Å². The van der Waals surface area contributed by atoms with Gasteiger partial charge in [0, 0.05) is 24.3 Å². The molecule has 0 radical (unpaired) electrons. The molecule has 1 aliphatic heterocycles. The van der Waals surface area contributed by atoms with Crippen LogP contribution >= 0.6 is 0 Å². The Bertz CT molecular complexity index is 547. The summed E-state index contributed by atoms with van der Waals surface area (Å²) in [5, 5.41) is 0. The lowest BCUT2D eigenvalue weighted by molar-refractivity contribution is -0.152. The summed E-state index contributed by atoms with van der Waals surface area (Å²) in [5.41, 5.74) is 2.41. The van der Waals surface area contributed by atoms with E-state index in [1.165, 1.54) is 5.57 Å². The SMILES string of the molecule is CC1=C2CC[C@@]3(C)CC[C@H](C)CC(=O)C[C@@H](C)C[C@@H](OC1=O)[C@H]23. The van der Waals surface area contributed by atoms with Gasteiger partial charge in [-0.2, -0.15) is 0 Å². The zero-order chi connectivity index (χ0) is 16.8. The topological polar surface area (TPSA) is 43.4 Å². The third-order valence-electron chi connectivity index (χ3n) is 6.50. The van der Waals surface area contributed by atoms with E-state index in [0.29, 0.717) is 30.5 Å². The number of esters is 1. The molecule has 2 saturated carbocycles. The summed E-state index contributed by atoms with van der Waals surface area (Å²) >= 11 is 0. The molecular formula is C20H30O3. The van der Waals surface area contributed by atoms with Crippen LogP contribution in [0.2, 0.25) is 0 Å². The summed E-state index contributed by atoms with van der Waals surface area (Å²) in [4.78, 5) is 24.5. The Hall–Kier alpha value is -1.12. The Morgan fingerprint density at radius 2 is 1.78 bits per heavy atom.